The molecule has 0 aliphatic heterocycles. The number of nitroso groups, excluding NO2 is 1. The van der Waals surface area contributed by atoms with Crippen molar-refractivity contribution in [1.29, 1.82) is 0 Å². The molecule has 0 amide bonds. The Labute approximate surface area is 103 Å². The van der Waals surface area contributed by atoms with E-state index < -0.39 is 12.1 Å². The van der Waals surface area contributed by atoms with Gasteiger partial charge in [-0.05, 0) is 31.1 Å². The molecule has 4 atom stereocenters. The SMILES string of the molecule is C=C[C@@H](N=O)[C@H](O)CC(C)C(O)C1CCCC1. The van der Waals surface area contributed by atoms with Crippen LogP contribution in [0.5, 0.6) is 0 Å². The minimum Gasteiger partial charge on any atom is -0.393 e. The Hall–Kier alpha value is -0.740. The van der Waals surface area contributed by atoms with E-state index in [1.807, 2.05) is 6.92 Å². The van der Waals surface area contributed by atoms with E-state index >= 15 is 0 Å². The third-order valence-corrected chi connectivity index (χ3v) is 3.84. The fourth-order valence-corrected chi connectivity index (χ4v) is 2.69. The van der Waals surface area contributed by atoms with Gasteiger partial charge in [0, 0.05) is 0 Å². The van der Waals surface area contributed by atoms with Crippen LogP contribution in [0, 0.1) is 16.7 Å². The minimum atomic E-state index is -0.837. The second-order valence-corrected chi connectivity index (χ2v) is 5.15. The maximum Gasteiger partial charge on any atom is 0.136 e. The smallest absolute Gasteiger partial charge is 0.136 e. The summed E-state index contributed by atoms with van der Waals surface area (Å²) >= 11 is 0. The van der Waals surface area contributed by atoms with Crippen LogP contribution >= 0.6 is 0 Å². The predicted octanol–water partition coefficient (Wildman–Crippen LogP) is 2.25. The van der Waals surface area contributed by atoms with Crippen molar-refractivity contribution in [1.82, 2.24) is 0 Å². The fourth-order valence-electron chi connectivity index (χ4n) is 2.69. The quantitative estimate of drug-likeness (QED) is 0.530. The molecule has 1 saturated carbocycles. The Morgan fingerprint density at radius 1 is 1.41 bits per heavy atom. The second kappa shape index (κ2) is 6.87. The van der Waals surface area contributed by atoms with Gasteiger partial charge in [-0.15, -0.1) is 6.58 Å². The van der Waals surface area contributed by atoms with Gasteiger partial charge >= 0.3 is 0 Å². The van der Waals surface area contributed by atoms with Crippen LogP contribution in [0.1, 0.15) is 39.0 Å². The molecule has 0 aromatic rings. The Kier molecular flexibility index (Phi) is 5.78. The van der Waals surface area contributed by atoms with Crippen molar-refractivity contribution < 1.29 is 10.2 Å². The average molecular weight is 241 g/mol. The summed E-state index contributed by atoms with van der Waals surface area (Å²) in [6, 6.07) is -0.770. The summed E-state index contributed by atoms with van der Waals surface area (Å²) in [5.74, 6) is 0.334. The number of hydrogen-bond acceptors (Lipinski definition) is 4. The second-order valence-electron chi connectivity index (χ2n) is 5.15. The normalized spacial score (nSPS) is 23.9. The van der Waals surface area contributed by atoms with Gasteiger partial charge in [0.05, 0.1) is 12.2 Å². The summed E-state index contributed by atoms with van der Waals surface area (Å²) in [7, 11) is 0. The molecule has 0 bridgehead atoms. The van der Waals surface area contributed by atoms with Crippen molar-refractivity contribution in [3.05, 3.63) is 17.6 Å². The molecule has 1 fully saturated rings. The van der Waals surface area contributed by atoms with Gasteiger partial charge in [-0.1, -0.05) is 31.0 Å². The van der Waals surface area contributed by atoms with Crippen molar-refractivity contribution in [2.24, 2.45) is 17.0 Å². The average Bonchev–Trinajstić information content (AvgIpc) is 2.83. The van der Waals surface area contributed by atoms with E-state index in [1.54, 1.807) is 0 Å². The monoisotopic (exact) mass is 241 g/mol. The lowest BCUT2D eigenvalue weighted by Crippen LogP contribution is -2.32. The predicted molar refractivity (Wildman–Crippen MR) is 67.5 cm³/mol. The Morgan fingerprint density at radius 2 is 2.00 bits per heavy atom. The van der Waals surface area contributed by atoms with E-state index in [0.29, 0.717) is 12.3 Å². The molecule has 1 aliphatic carbocycles. The van der Waals surface area contributed by atoms with Crippen LogP contribution in [0.4, 0.5) is 0 Å². The summed E-state index contributed by atoms with van der Waals surface area (Å²) in [5, 5.41) is 22.8. The van der Waals surface area contributed by atoms with Crippen LogP contribution in [0.25, 0.3) is 0 Å². The van der Waals surface area contributed by atoms with Gasteiger partial charge in [-0.2, -0.15) is 4.91 Å². The summed E-state index contributed by atoms with van der Waals surface area (Å²) in [6.45, 7) is 5.38. The highest BCUT2D eigenvalue weighted by atomic mass is 16.3. The molecule has 4 heteroatoms. The molecule has 2 unspecified atom stereocenters. The van der Waals surface area contributed by atoms with Gasteiger partial charge < -0.3 is 10.2 Å². The van der Waals surface area contributed by atoms with E-state index in [1.165, 1.54) is 18.9 Å². The van der Waals surface area contributed by atoms with Gasteiger partial charge in [0.15, 0.2) is 0 Å². The highest BCUT2D eigenvalue weighted by Crippen LogP contribution is 2.32. The highest BCUT2D eigenvalue weighted by molar-refractivity contribution is 4.92. The van der Waals surface area contributed by atoms with Gasteiger partial charge in [0.2, 0.25) is 0 Å². The molecule has 98 valence electrons. The van der Waals surface area contributed by atoms with Crippen molar-refractivity contribution in [2.45, 2.75) is 57.3 Å². The van der Waals surface area contributed by atoms with E-state index in [2.05, 4.69) is 11.8 Å². The minimum absolute atomic E-state index is 0.0164. The lowest BCUT2D eigenvalue weighted by atomic mass is 9.86. The zero-order chi connectivity index (χ0) is 12.8. The van der Waals surface area contributed by atoms with Crippen molar-refractivity contribution in [3.63, 3.8) is 0 Å². The highest BCUT2D eigenvalue weighted by Gasteiger charge is 2.30. The lowest BCUT2D eigenvalue weighted by molar-refractivity contribution is 0.0289. The van der Waals surface area contributed by atoms with Crippen LogP contribution in [0.15, 0.2) is 17.8 Å². The maximum absolute atomic E-state index is 10.4. The number of rotatable bonds is 7. The molecule has 1 rings (SSSR count). The molecule has 0 radical (unpaired) electrons. The molecule has 0 spiro atoms. The van der Waals surface area contributed by atoms with Crippen molar-refractivity contribution in [3.8, 4) is 0 Å². The maximum atomic E-state index is 10.4. The number of hydrogen-bond donors (Lipinski definition) is 2. The third kappa shape index (κ3) is 3.89. The zero-order valence-corrected chi connectivity index (χ0v) is 10.5. The first-order valence-corrected chi connectivity index (χ1v) is 6.41. The molecule has 0 saturated heterocycles. The van der Waals surface area contributed by atoms with E-state index in [0.717, 1.165) is 12.8 Å². The number of aliphatic hydroxyl groups is 2. The molecule has 0 heterocycles. The summed E-state index contributed by atoms with van der Waals surface area (Å²) in [6.07, 6.45) is 5.02. The van der Waals surface area contributed by atoms with E-state index in [9.17, 15) is 15.1 Å². The topological polar surface area (TPSA) is 69.9 Å². The molecular formula is C13H23NO3. The molecule has 17 heavy (non-hydrogen) atoms. The summed E-state index contributed by atoms with van der Waals surface area (Å²) in [5.41, 5.74) is 0. The Morgan fingerprint density at radius 3 is 2.47 bits per heavy atom. The third-order valence-electron chi connectivity index (χ3n) is 3.84. The van der Waals surface area contributed by atoms with Crippen molar-refractivity contribution >= 4 is 0 Å². The first-order chi connectivity index (χ1) is 8.10. The Balaban J connectivity index is 2.43. The first-order valence-electron chi connectivity index (χ1n) is 6.41. The van der Waals surface area contributed by atoms with Crippen LogP contribution in [0.3, 0.4) is 0 Å². The molecular weight excluding hydrogens is 218 g/mol. The van der Waals surface area contributed by atoms with Crippen LogP contribution < -0.4 is 0 Å². The van der Waals surface area contributed by atoms with Crippen LogP contribution in [-0.2, 0) is 0 Å². The molecule has 1 aliphatic rings. The van der Waals surface area contributed by atoms with E-state index in [4.69, 9.17) is 0 Å². The zero-order valence-electron chi connectivity index (χ0n) is 10.5. The summed E-state index contributed by atoms with van der Waals surface area (Å²) in [4.78, 5) is 10.4. The van der Waals surface area contributed by atoms with Gasteiger partial charge in [-0.3, -0.25) is 0 Å². The van der Waals surface area contributed by atoms with Crippen molar-refractivity contribution in [2.75, 3.05) is 0 Å². The van der Waals surface area contributed by atoms with Gasteiger partial charge in [-0.25, -0.2) is 0 Å². The van der Waals surface area contributed by atoms with E-state index in [-0.39, 0.29) is 12.0 Å². The standard InChI is InChI=1S/C13H23NO3/c1-3-11(14-17)12(15)8-9(2)13(16)10-6-4-5-7-10/h3,9-13,15-16H,1,4-8H2,2H3/t9?,11-,12-,13?/m1/s1. The largest absolute Gasteiger partial charge is 0.393 e. The van der Waals surface area contributed by atoms with Crippen LogP contribution in [-0.4, -0.2) is 28.5 Å². The lowest BCUT2D eigenvalue weighted by Gasteiger charge is -2.26. The number of nitrogens with zero attached hydrogens (tertiary/aromatic N) is 1. The fraction of sp³-hybridized carbons (Fsp3) is 0.846. The molecule has 0 aromatic heterocycles. The van der Waals surface area contributed by atoms with Gasteiger partial charge in [0.1, 0.15) is 6.04 Å². The molecule has 2 N–H and O–H groups in total. The number of aliphatic hydroxyl groups excluding tert-OH is 2. The Bertz CT molecular complexity index is 243. The first kappa shape index (κ1) is 14.3. The summed E-state index contributed by atoms with van der Waals surface area (Å²) < 4.78 is 0. The molecule has 4 nitrogen and oxygen atoms in total. The van der Waals surface area contributed by atoms with Gasteiger partial charge in [0.25, 0.3) is 0 Å². The molecule has 0 aromatic carbocycles. The van der Waals surface area contributed by atoms with Crippen LogP contribution in [0.2, 0.25) is 0 Å².